The number of sulfonamides is 1. The number of nitriles is 1. The SMILES string of the molecule is CCC(CC#N)NS(=O)(=O)Cc1ccc([N+](=O)[O-])cc1. The van der Waals surface area contributed by atoms with Crippen molar-refractivity contribution in [2.24, 2.45) is 0 Å². The summed E-state index contributed by atoms with van der Waals surface area (Å²) in [5.74, 6) is -0.271. The molecule has 108 valence electrons. The smallest absolute Gasteiger partial charge is 0.258 e. The summed E-state index contributed by atoms with van der Waals surface area (Å²) in [5, 5.41) is 19.1. The predicted octanol–water partition coefficient (Wildman–Crippen LogP) is 1.71. The lowest BCUT2D eigenvalue weighted by Crippen LogP contribution is -2.34. The monoisotopic (exact) mass is 297 g/mol. The second-order valence-electron chi connectivity index (χ2n) is 4.27. The zero-order valence-electron chi connectivity index (χ0n) is 10.9. The fourth-order valence-corrected chi connectivity index (χ4v) is 3.08. The molecular formula is C12H15N3O4S. The van der Waals surface area contributed by atoms with Crippen molar-refractivity contribution in [3.8, 4) is 6.07 Å². The van der Waals surface area contributed by atoms with Crippen LogP contribution in [0.3, 0.4) is 0 Å². The first-order valence-electron chi connectivity index (χ1n) is 5.98. The second kappa shape index (κ2) is 6.98. The molecule has 1 atom stereocenters. The van der Waals surface area contributed by atoms with E-state index in [-0.39, 0.29) is 17.9 Å². The van der Waals surface area contributed by atoms with E-state index >= 15 is 0 Å². The van der Waals surface area contributed by atoms with Crippen LogP contribution in [0.5, 0.6) is 0 Å². The Hall–Kier alpha value is -1.98. The van der Waals surface area contributed by atoms with Crippen molar-refractivity contribution in [2.75, 3.05) is 0 Å². The number of nitrogens with zero attached hydrogens (tertiary/aromatic N) is 2. The highest BCUT2D eigenvalue weighted by atomic mass is 32.2. The molecule has 0 fully saturated rings. The Kier molecular flexibility index (Phi) is 5.61. The molecule has 0 heterocycles. The van der Waals surface area contributed by atoms with Gasteiger partial charge >= 0.3 is 0 Å². The molecule has 0 amide bonds. The molecule has 8 heteroatoms. The van der Waals surface area contributed by atoms with Crippen molar-refractivity contribution in [3.63, 3.8) is 0 Å². The molecule has 20 heavy (non-hydrogen) atoms. The summed E-state index contributed by atoms with van der Waals surface area (Å²) in [5.41, 5.74) is 0.366. The van der Waals surface area contributed by atoms with Crippen LogP contribution in [0, 0.1) is 21.4 Å². The Labute approximate surface area is 117 Å². The normalized spacial score (nSPS) is 12.6. The third-order valence-corrected chi connectivity index (χ3v) is 4.09. The van der Waals surface area contributed by atoms with Gasteiger partial charge in [0, 0.05) is 18.2 Å². The van der Waals surface area contributed by atoms with Crippen molar-refractivity contribution in [1.82, 2.24) is 4.72 Å². The van der Waals surface area contributed by atoms with Crippen LogP contribution in [0.15, 0.2) is 24.3 Å². The van der Waals surface area contributed by atoms with Gasteiger partial charge in [-0.1, -0.05) is 19.1 Å². The van der Waals surface area contributed by atoms with Crippen LogP contribution in [0.1, 0.15) is 25.3 Å². The fourth-order valence-electron chi connectivity index (χ4n) is 1.61. The molecule has 1 aromatic carbocycles. The predicted molar refractivity (Wildman–Crippen MR) is 73.2 cm³/mol. The standard InChI is InChI=1S/C12H15N3O4S/c1-2-11(7-8-13)14-20(18,19)9-10-3-5-12(6-4-10)15(16)17/h3-6,11,14H,2,7,9H2,1H3. The molecule has 0 saturated heterocycles. The van der Waals surface area contributed by atoms with Crippen molar-refractivity contribution in [3.05, 3.63) is 39.9 Å². The minimum absolute atomic E-state index is 0.0879. The molecule has 1 aromatic rings. The lowest BCUT2D eigenvalue weighted by atomic mass is 10.2. The van der Waals surface area contributed by atoms with Gasteiger partial charge in [-0.3, -0.25) is 10.1 Å². The first-order chi connectivity index (χ1) is 9.38. The van der Waals surface area contributed by atoms with Gasteiger partial charge in [0.05, 0.1) is 23.2 Å². The number of non-ortho nitro benzene ring substituents is 1. The van der Waals surface area contributed by atoms with Crippen LogP contribution in [-0.2, 0) is 15.8 Å². The minimum atomic E-state index is -3.57. The van der Waals surface area contributed by atoms with Gasteiger partial charge in [-0.25, -0.2) is 13.1 Å². The van der Waals surface area contributed by atoms with Crippen molar-refractivity contribution in [1.29, 1.82) is 5.26 Å². The summed E-state index contributed by atoms with van der Waals surface area (Å²) in [7, 11) is -3.57. The van der Waals surface area contributed by atoms with Crippen LogP contribution in [0.4, 0.5) is 5.69 Å². The number of rotatable bonds is 7. The molecule has 0 aromatic heterocycles. The van der Waals surface area contributed by atoms with Crippen LogP contribution in [0.25, 0.3) is 0 Å². The largest absolute Gasteiger partial charge is 0.269 e. The van der Waals surface area contributed by atoms with Crippen molar-refractivity contribution < 1.29 is 13.3 Å². The Bertz CT molecular complexity index is 605. The number of hydrogen-bond donors (Lipinski definition) is 1. The summed E-state index contributed by atoms with van der Waals surface area (Å²) in [4.78, 5) is 9.95. The van der Waals surface area contributed by atoms with E-state index in [9.17, 15) is 18.5 Å². The zero-order valence-corrected chi connectivity index (χ0v) is 11.8. The Morgan fingerprint density at radius 3 is 2.45 bits per heavy atom. The highest BCUT2D eigenvalue weighted by Crippen LogP contribution is 2.14. The highest BCUT2D eigenvalue weighted by Gasteiger charge is 2.17. The van der Waals surface area contributed by atoms with E-state index in [1.54, 1.807) is 6.92 Å². The summed E-state index contributed by atoms with van der Waals surface area (Å²) in [6.45, 7) is 1.79. The van der Waals surface area contributed by atoms with Crippen LogP contribution in [-0.4, -0.2) is 19.4 Å². The van der Waals surface area contributed by atoms with E-state index in [4.69, 9.17) is 5.26 Å². The Morgan fingerprint density at radius 2 is 2.00 bits per heavy atom. The molecule has 0 saturated carbocycles. The van der Waals surface area contributed by atoms with Crippen molar-refractivity contribution >= 4 is 15.7 Å². The lowest BCUT2D eigenvalue weighted by molar-refractivity contribution is -0.384. The molecule has 1 N–H and O–H groups in total. The topological polar surface area (TPSA) is 113 Å². The second-order valence-corrected chi connectivity index (χ2v) is 6.02. The summed E-state index contributed by atoms with van der Waals surface area (Å²) < 4.78 is 26.3. The van der Waals surface area contributed by atoms with E-state index < -0.39 is 21.0 Å². The van der Waals surface area contributed by atoms with Gasteiger partial charge in [0.15, 0.2) is 0 Å². The minimum Gasteiger partial charge on any atom is -0.258 e. The first-order valence-corrected chi connectivity index (χ1v) is 7.63. The van der Waals surface area contributed by atoms with E-state index in [0.717, 1.165) is 0 Å². The number of benzene rings is 1. The molecule has 0 aliphatic carbocycles. The number of hydrogen-bond acceptors (Lipinski definition) is 5. The molecule has 0 aliphatic rings. The fraction of sp³-hybridized carbons (Fsp3) is 0.417. The van der Waals surface area contributed by atoms with Gasteiger partial charge in [-0.2, -0.15) is 5.26 Å². The number of nitro benzene ring substituents is 1. The highest BCUT2D eigenvalue weighted by molar-refractivity contribution is 7.88. The van der Waals surface area contributed by atoms with Gasteiger partial charge in [0.1, 0.15) is 0 Å². The van der Waals surface area contributed by atoms with Gasteiger partial charge in [0.25, 0.3) is 5.69 Å². The van der Waals surface area contributed by atoms with E-state index in [2.05, 4.69) is 4.72 Å². The Morgan fingerprint density at radius 1 is 1.40 bits per heavy atom. The van der Waals surface area contributed by atoms with Crippen LogP contribution in [0.2, 0.25) is 0 Å². The summed E-state index contributed by atoms with van der Waals surface area (Å²) >= 11 is 0. The molecule has 1 rings (SSSR count). The van der Waals surface area contributed by atoms with Crippen molar-refractivity contribution in [2.45, 2.75) is 31.6 Å². The molecule has 0 bridgehead atoms. The van der Waals surface area contributed by atoms with E-state index in [1.165, 1.54) is 24.3 Å². The van der Waals surface area contributed by atoms with Gasteiger partial charge in [-0.15, -0.1) is 0 Å². The van der Waals surface area contributed by atoms with E-state index in [1.807, 2.05) is 6.07 Å². The maximum absolute atomic E-state index is 11.9. The zero-order chi connectivity index (χ0) is 15.2. The lowest BCUT2D eigenvalue weighted by Gasteiger charge is -2.13. The number of nitro groups is 1. The van der Waals surface area contributed by atoms with Gasteiger partial charge in [-0.05, 0) is 12.0 Å². The first kappa shape index (κ1) is 16.1. The summed E-state index contributed by atoms with van der Waals surface area (Å²) in [6, 6.07) is 6.84. The molecule has 7 nitrogen and oxygen atoms in total. The summed E-state index contributed by atoms with van der Waals surface area (Å²) in [6.07, 6.45) is 0.628. The third kappa shape index (κ3) is 4.95. The molecule has 0 radical (unpaired) electrons. The van der Waals surface area contributed by atoms with Gasteiger partial charge in [0.2, 0.25) is 10.0 Å². The quantitative estimate of drug-likeness (QED) is 0.608. The molecule has 0 spiro atoms. The third-order valence-electron chi connectivity index (χ3n) is 2.68. The maximum Gasteiger partial charge on any atom is 0.269 e. The van der Waals surface area contributed by atoms with Crippen LogP contribution >= 0.6 is 0 Å². The number of nitrogens with one attached hydrogen (secondary N) is 1. The molecular weight excluding hydrogens is 282 g/mol. The van der Waals surface area contributed by atoms with Gasteiger partial charge < -0.3 is 0 Å². The maximum atomic E-state index is 11.9. The average Bonchev–Trinajstić information content (AvgIpc) is 2.38. The van der Waals surface area contributed by atoms with E-state index in [0.29, 0.717) is 12.0 Å². The van der Waals surface area contributed by atoms with Crippen LogP contribution < -0.4 is 4.72 Å². The molecule has 1 unspecified atom stereocenters. The Balaban J connectivity index is 2.75. The average molecular weight is 297 g/mol. The molecule has 0 aliphatic heterocycles.